The molecular formula is C10H20IN2OP. The molecule has 0 aromatic carbocycles. The Hall–Kier alpha value is 0.570. The third kappa shape index (κ3) is 5.44. The number of nitriles is 1. The highest BCUT2D eigenvalue weighted by Gasteiger charge is 2.36. The van der Waals surface area contributed by atoms with Gasteiger partial charge in [-0.2, -0.15) is 5.26 Å². The normalized spacial score (nSPS) is 15.7. The summed E-state index contributed by atoms with van der Waals surface area (Å²) in [5.41, 5.74) is 7.25. The first-order valence-electron chi connectivity index (χ1n) is 5.10. The van der Waals surface area contributed by atoms with Crippen LogP contribution in [0.3, 0.4) is 0 Å². The molecule has 0 spiro atoms. The Labute approximate surface area is 108 Å². The Balaban J connectivity index is 4.44. The van der Waals surface area contributed by atoms with E-state index in [2.05, 4.69) is 56.4 Å². The number of halogens is 1. The average molecular weight is 342 g/mol. The first-order chi connectivity index (χ1) is 6.83. The lowest BCUT2D eigenvalue weighted by molar-refractivity contribution is 0.105. The Bertz CT molecular complexity index is 218. The predicted molar refractivity (Wildman–Crippen MR) is 74.3 cm³/mol. The molecule has 15 heavy (non-hydrogen) atoms. The lowest BCUT2D eigenvalue weighted by atomic mass is 10.5. The van der Waals surface area contributed by atoms with Crippen molar-refractivity contribution in [2.45, 2.75) is 48.9 Å². The number of alkyl halides is 1. The molecule has 5 heteroatoms. The third-order valence-corrected chi connectivity index (χ3v) is 7.02. The van der Waals surface area contributed by atoms with E-state index in [0.717, 1.165) is 0 Å². The zero-order valence-electron chi connectivity index (χ0n) is 9.83. The molecule has 0 rings (SSSR count). The largest absolute Gasteiger partial charge is 0.347 e. The molecule has 0 aliphatic heterocycles. The second-order valence-electron chi connectivity index (χ2n) is 3.96. The summed E-state index contributed by atoms with van der Waals surface area (Å²) in [6, 6.07) is 2.06. The van der Waals surface area contributed by atoms with Crippen molar-refractivity contribution in [1.82, 2.24) is 0 Å². The Kier molecular flexibility index (Phi) is 7.27. The molecule has 0 saturated heterocycles. The summed E-state index contributed by atoms with van der Waals surface area (Å²) in [6.07, 6.45) is 0.404. The maximum atomic E-state index is 8.45. The maximum Gasteiger partial charge on any atom is 0.187 e. The van der Waals surface area contributed by atoms with Crippen molar-refractivity contribution in [2.75, 3.05) is 6.61 Å². The lowest BCUT2D eigenvalue weighted by Crippen LogP contribution is -2.38. The van der Waals surface area contributed by atoms with Crippen LogP contribution < -0.4 is 5.73 Å². The van der Waals surface area contributed by atoms with E-state index in [0.29, 0.717) is 24.3 Å². The van der Waals surface area contributed by atoms with Crippen LogP contribution in [0.1, 0.15) is 34.1 Å². The van der Waals surface area contributed by atoms with Gasteiger partial charge in [0.05, 0.1) is 19.1 Å². The van der Waals surface area contributed by atoms with Gasteiger partial charge < -0.3 is 4.74 Å². The minimum Gasteiger partial charge on any atom is -0.347 e. The minimum atomic E-state index is -0.605. The van der Waals surface area contributed by atoms with Gasteiger partial charge in [-0.25, -0.2) is 0 Å². The summed E-state index contributed by atoms with van der Waals surface area (Å²) >= 11 is 2.18. The van der Waals surface area contributed by atoms with Gasteiger partial charge in [-0.1, -0.05) is 27.7 Å². The molecule has 0 fully saturated rings. The molecule has 0 heterocycles. The molecule has 1 unspecified atom stereocenters. The smallest absolute Gasteiger partial charge is 0.187 e. The number of ether oxygens (including phenoxy) is 1. The topological polar surface area (TPSA) is 59.0 Å². The predicted octanol–water partition coefficient (Wildman–Crippen LogP) is 3.22. The molecule has 3 nitrogen and oxygen atoms in total. The van der Waals surface area contributed by atoms with Crippen LogP contribution in [0, 0.1) is 11.3 Å². The van der Waals surface area contributed by atoms with Crippen LogP contribution >= 0.6 is 30.5 Å². The molecule has 0 aromatic heterocycles. The second-order valence-corrected chi connectivity index (χ2v) is 9.96. The average Bonchev–Trinajstić information content (AvgIpc) is 2.01. The van der Waals surface area contributed by atoms with Crippen molar-refractivity contribution in [1.29, 1.82) is 5.26 Å². The van der Waals surface area contributed by atoms with Crippen LogP contribution in [-0.4, -0.2) is 21.4 Å². The summed E-state index contributed by atoms with van der Waals surface area (Å²) in [7, 11) is -0.406. The first-order valence-corrected chi connectivity index (χ1v) is 7.66. The number of nitrogens with zero attached hydrogens (tertiary/aromatic N) is 1. The van der Waals surface area contributed by atoms with Crippen molar-refractivity contribution in [3.8, 4) is 6.07 Å². The molecular weight excluding hydrogens is 322 g/mol. The van der Waals surface area contributed by atoms with Gasteiger partial charge in [0.15, 0.2) is 3.47 Å². The Morgan fingerprint density at radius 2 is 1.87 bits per heavy atom. The Morgan fingerprint density at radius 3 is 2.20 bits per heavy atom. The molecule has 0 radical (unpaired) electrons. The van der Waals surface area contributed by atoms with Crippen LogP contribution in [0.15, 0.2) is 0 Å². The highest BCUT2D eigenvalue weighted by molar-refractivity contribution is 14.1. The Morgan fingerprint density at radius 1 is 1.40 bits per heavy atom. The van der Waals surface area contributed by atoms with Crippen molar-refractivity contribution in [2.24, 2.45) is 5.73 Å². The number of hydrogen-bond donors (Lipinski definition) is 1. The van der Waals surface area contributed by atoms with Crippen LogP contribution in [0.25, 0.3) is 0 Å². The zero-order valence-corrected chi connectivity index (χ0v) is 12.9. The van der Waals surface area contributed by atoms with E-state index in [9.17, 15) is 0 Å². The van der Waals surface area contributed by atoms with Gasteiger partial charge in [0.1, 0.15) is 0 Å². The van der Waals surface area contributed by atoms with E-state index in [1.165, 1.54) is 0 Å². The van der Waals surface area contributed by atoms with Gasteiger partial charge in [-0.15, -0.1) is 0 Å². The molecule has 0 aliphatic carbocycles. The summed E-state index contributed by atoms with van der Waals surface area (Å²) < 4.78 is 5.02. The van der Waals surface area contributed by atoms with E-state index < -0.39 is 11.4 Å². The third-order valence-electron chi connectivity index (χ3n) is 1.98. The van der Waals surface area contributed by atoms with Gasteiger partial charge in [0.2, 0.25) is 0 Å². The van der Waals surface area contributed by atoms with Crippen molar-refractivity contribution in [3.05, 3.63) is 0 Å². The number of nitrogens with two attached hydrogens (primary N) is 1. The minimum absolute atomic E-state index is 0.404. The van der Waals surface area contributed by atoms with E-state index in [1.54, 1.807) is 0 Å². The standard InChI is InChI=1S/C10H20IN2OP/c1-8(2)15(9(3)4)10(11,13)14-7-5-6-12/h8-9H,5,7,13H2,1-4H3. The van der Waals surface area contributed by atoms with Crippen LogP contribution in [0.4, 0.5) is 0 Å². The summed E-state index contributed by atoms with van der Waals surface area (Å²) in [6.45, 7) is 9.15. The van der Waals surface area contributed by atoms with E-state index in [-0.39, 0.29) is 0 Å². The fraction of sp³-hybridized carbons (Fsp3) is 0.900. The molecule has 0 aromatic rings. The highest BCUT2D eigenvalue weighted by atomic mass is 127. The number of rotatable bonds is 6. The SMILES string of the molecule is CC(C)P(C(C)C)C(N)(I)OCCC#N. The van der Waals surface area contributed by atoms with E-state index in [4.69, 9.17) is 15.7 Å². The summed E-state index contributed by atoms with van der Waals surface area (Å²) in [5, 5.41) is 8.45. The fourth-order valence-corrected chi connectivity index (χ4v) is 8.02. The highest BCUT2D eigenvalue weighted by Crippen LogP contribution is 2.58. The van der Waals surface area contributed by atoms with E-state index in [1.807, 2.05) is 0 Å². The molecule has 1 atom stereocenters. The van der Waals surface area contributed by atoms with E-state index >= 15 is 0 Å². The molecule has 0 amide bonds. The van der Waals surface area contributed by atoms with Gasteiger partial charge >= 0.3 is 0 Å². The maximum absolute atomic E-state index is 8.45. The second kappa shape index (κ2) is 7.01. The van der Waals surface area contributed by atoms with Gasteiger partial charge in [0, 0.05) is 0 Å². The van der Waals surface area contributed by atoms with Gasteiger partial charge in [-0.05, 0) is 41.8 Å². The van der Waals surface area contributed by atoms with Crippen molar-refractivity contribution < 1.29 is 4.74 Å². The van der Waals surface area contributed by atoms with Crippen molar-refractivity contribution in [3.63, 3.8) is 0 Å². The first kappa shape index (κ1) is 15.6. The summed E-state index contributed by atoms with van der Waals surface area (Å²) in [4.78, 5) is 0. The fourth-order valence-electron chi connectivity index (χ4n) is 1.61. The van der Waals surface area contributed by atoms with Gasteiger partial charge in [0.25, 0.3) is 0 Å². The monoisotopic (exact) mass is 342 g/mol. The number of hydrogen-bond acceptors (Lipinski definition) is 3. The van der Waals surface area contributed by atoms with Crippen LogP contribution in [-0.2, 0) is 4.74 Å². The quantitative estimate of drug-likeness (QED) is 0.201. The summed E-state index contributed by atoms with van der Waals surface area (Å²) in [5.74, 6) is 0. The molecule has 2 N–H and O–H groups in total. The van der Waals surface area contributed by atoms with Gasteiger partial charge in [-0.3, -0.25) is 5.73 Å². The lowest BCUT2D eigenvalue weighted by Gasteiger charge is -2.38. The molecule has 0 aliphatic rings. The molecule has 0 saturated carbocycles. The van der Waals surface area contributed by atoms with Crippen LogP contribution in [0.2, 0.25) is 0 Å². The molecule has 0 bridgehead atoms. The molecule has 88 valence electrons. The zero-order chi connectivity index (χ0) is 12.1. The van der Waals surface area contributed by atoms with Crippen molar-refractivity contribution >= 4 is 30.5 Å². The van der Waals surface area contributed by atoms with Crippen LogP contribution in [0.5, 0.6) is 0 Å².